The summed E-state index contributed by atoms with van der Waals surface area (Å²) in [5, 5.41) is 0. The average molecular weight is 426 g/mol. The van der Waals surface area contributed by atoms with E-state index in [0.29, 0.717) is 18.1 Å². The summed E-state index contributed by atoms with van der Waals surface area (Å²) in [6.45, 7) is 5.26. The van der Waals surface area contributed by atoms with Crippen molar-refractivity contribution in [2.24, 2.45) is 0 Å². The van der Waals surface area contributed by atoms with Crippen molar-refractivity contribution in [1.29, 1.82) is 0 Å². The lowest BCUT2D eigenvalue weighted by molar-refractivity contribution is 0.0526. The van der Waals surface area contributed by atoms with Gasteiger partial charge in [0, 0.05) is 19.0 Å². The maximum absolute atomic E-state index is 12.1. The fourth-order valence-electron chi connectivity index (χ4n) is 4.44. The molecule has 1 aliphatic heterocycles. The Kier molecular flexibility index (Phi) is 7.52. The standard InChI is InChI=1S/C29H31NO2/c1-2-32-29(31)27-15-9-14-26(22-27)23-16-19-30(20-17-23)21-18-28(24-10-5-3-6-11-24)25-12-7-4-8-13-25/h3-16,22,28H,2,17-21H2,1H3. The largest absolute Gasteiger partial charge is 0.462 e. The van der Waals surface area contributed by atoms with E-state index in [4.69, 9.17) is 4.74 Å². The van der Waals surface area contributed by atoms with E-state index in [-0.39, 0.29) is 5.97 Å². The van der Waals surface area contributed by atoms with Gasteiger partial charge in [0.15, 0.2) is 0 Å². The van der Waals surface area contributed by atoms with Gasteiger partial charge in [-0.15, -0.1) is 0 Å². The minimum Gasteiger partial charge on any atom is -0.462 e. The van der Waals surface area contributed by atoms with Crippen LogP contribution in [-0.2, 0) is 4.74 Å². The summed E-state index contributed by atoms with van der Waals surface area (Å²) in [6.07, 6.45) is 4.40. The third-order valence-corrected chi connectivity index (χ3v) is 6.18. The zero-order chi connectivity index (χ0) is 22.2. The molecule has 0 aliphatic carbocycles. The van der Waals surface area contributed by atoms with Gasteiger partial charge in [0.25, 0.3) is 0 Å². The Hall–Kier alpha value is -3.17. The van der Waals surface area contributed by atoms with Crippen LogP contribution in [0.4, 0.5) is 0 Å². The lowest BCUT2D eigenvalue weighted by atomic mass is 9.88. The van der Waals surface area contributed by atoms with Crippen LogP contribution in [0, 0.1) is 0 Å². The van der Waals surface area contributed by atoms with Crippen molar-refractivity contribution in [2.75, 3.05) is 26.2 Å². The van der Waals surface area contributed by atoms with Gasteiger partial charge in [0.1, 0.15) is 0 Å². The lowest BCUT2D eigenvalue weighted by Crippen LogP contribution is -2.30. The van der Waals surface area contributed by atoms with Crippen LogP contribution in [0.2, 0.25) is 0 Å². The topological polar surface area (TPSA) is 29.5 Å². The number of carbonyl (C=O) groups excluding carboxylic acids is 1. The first-order chi connectivity index (χ1) is 15.7. The summed E-state index contributed by atoms with van der Waals surface area (Å²) in [5.41, 5.74) is 5.82. The van der Waals surface area contributed by atoms with Gasteiger partial charge in [0.05, 0.1) is 12.2 Å². The summed E-state index contributed by atoms with van der Waals surface area (Å²) in [6, 6.07) is 29.5. The van der Waals surface area contributed by atoms with Gasteiger partial charge in [-0.05, 0) is 60.7 Å². The molecule has 0 bridgehead atoms. The summed E-state index contributed by atoms with van der Waals surface area (Å²) < 4.78 is 5.15. The summed E-state index contributed by atoms with van der Waals surface area (Å²) in [7, 11) is 0. The zero-order valence-corrected chi connectivity index (χ0v) is 18.7. The Morgan fingerprint density at radius 3 is 2.22 bits per heavy atom. The summed E-state index contributed by atoms with van der Waals surface area (Å²) in [4.78, 5) is 14.6. The second-order valence-electron chi connectivity index (χ2n) is 8.24. The first kappa shape index (κ1) is 22.0. The predicted octanol–water partition coefficient (Wildman–Crippen LogP) is 6.17. The summed E-state index contributed by atoms with van der Waals surface area (Å²) in [5.74, 6) is 0.157. The van der Waals surface area contributed by atoms with Crippen molar-refractivity contribution in [2.45, 2.75) is 25.7 Å². The van der Waals surface area contributed by atoms with Crippen molar-refractivity contribution in [3.05, 3.63) is 113 Å². The molecule has 0 unspecified atom stereocenters. The Morgan fingerprint density at radius 1 is 0.938 bits per heavy atom. The number of benzene rings is 3. The first-order valence-electron chi connectivity index (χ1n) is 11.5. The van der Waals surface area contributed by atoms with Gasteiger partial charge in [-0.2, -0.15) is 0 Å². The highest BCUT2D eigenvalue weighted by Gasteiger charge is 2.18. The van der Waals surface area contributed by atoms with E-state index in [2.05, 4.69) is 77.7 Å². The number of hydrogen-bond donors (Lipinski definition) is 0. The first-order valence-corrected chi connectivity index (χ1v) is 11.5. The third-order valence-electron chi connectivity index (χ3n) is 6.18. The Bertz CT molecular complexity index is 1000. The molecule has 0 spiro atoms. The number of ether oxygens (including phenoxy) is 1. The van der Waals surface area contributed by atoms with E-state index in [1.165, 1.54) is 16.7 Å². The molecule has 0 amide bonds. The predicted molar refractivity (Wildman–Crippen MR) is 131 cm³/mol. The molecular formula is C29H31NO2. The molecule has 3 heteroatoms. The van der Waals surface area contributed by atoms with E-state index in [9.17, 15) is 4.79 Å². The van der Waals surface area contributed by atoms with Crippen LogP contribution in [-0.4, -0.2) is 37.1 Å². The number of carbonyl (C=O) groups is 1. The Labute approximate surface area is 191 Å². The molecule has 1 heterocycles. The number of rotatable bonds is 8. The molecule has 164 valence electrons. The van der Waals surface area contributed by atoms with Crippen LogP contribution < -0.4 is 0 Å². The van der Waals surface area contributed by atoms with Gasteiger partial charge in [-0.3, -0.25) is 4.90 Å². The minimum atomic E-state index is -0.250. The molecule has 0 atom stereocenters. The van der Waals surface area contributed by atoms with Crippen LogP contribution in [0.1, 0.15) is 52.7 Å². The third kappa shape index (κ3) is 5.54. The highest BCUT2D eigenvalue weighted by molar-refractivity contribution is 5.90. The lowest BCUT2D eigenvalue weighted by Gasteiger charge is -2.28. The van der Waals surface area contributed by atoms with Crippen molar-refractivity contribution in [3.8, 4) is 0 Å². The van der Waals surface area contributed by atoms with Crippen LogP contribution in [0.25, 0.3) is 5.57 Å². The molecule has 0 saturated carbocycles. The van der Waals surface area contributed by atoms with E-state index in [1.807, 2.05) is 25.1 Å². The molecule has 0 saturated heterocycles. The molecular weight excluding hydrogens is 394 g/mol. The summed E-state index contributed by atoms with van der Waals surface area (Å²) >= 11 is 0. The maximum atomic E-state index is 12.1. The van der Waals surface area contributed by atoms with E-state index in [0.717, 1.165) is 38.0 Å². The van der Waals surface area contributed by atoms with Crippen LogP contribution in [0.3, 0.4) is 0 Å². The van der Waals surface area contributed by atoms with Gasteiger partial charge in [-0.1, -0.05) is 78.9 Å². The smallest absolute Gasteiger partial charge is 0.338 e. The van der Waals surface area contributed by atoms with Gasteiger partial charge in [0.2, 0.25) is 0 Å². The van der Waals surface area contributed by atoms with Crippen LogP contribution in [0.15, 0.2) is 91.0 Å². The fraction of sp³-hybridized carbons (Fsp3) is 0.276. The van der Waals surface area contributed by atoms with Gasteiger partial charge in [-0.25, -0.2) is 4.79 Å². The molecule has 3 nitrogen and oxygen atoms in total. The van der Waals surface area contributed by atoms with E-state index in [1.54, 1.807) is 0 Å². The normalized spacial score (nSPS) is 14.2. The van der Waals surface area contributed by atoms with Crippen molar-refractivity contribution < 1.29 is 9.53 Å². The molecule has 0 radical (unpaired) electrons. The Balaban J connectivity index is 1.41. The van der Waals surface area contributed by atoms with Crippen molar-refractivity contribution in [3.63, 3.8) is 0 Å². The van der Waals surface area contributed by atoms with Crippen LogP contribution in [0.5, 0.6) is 0 Å². The van der Waals surface area contributed by atoms with Crippen molar-refractivity contribution in [1.82, 2.24) is 4.90 Å². The second-order valence-corrected chi connectivity index (χ2v) is 8.24. The average Bonchev–Trinajstić information content (AvgIpc) is 2.86. The molecule has 0 N–H and O–H groups in total. The second kappa shape index (κ2) is 10.9. The van der Waals surface area contributed by atoms with Gasteiger partial charge < -0.3 is 4.74 Å². The zero-order valence-electron chi connectivity index (χ0n) is 18.7. The highest BCUT2D eigenvalue weighted by atomic mass is 16.5. The molecule has 0 fully saturated rings. The van der Waals surface area contributed by atoms with Crippen molar-refractivity contribution >= 4 is 11.5 Å². The maximum Gasteiger partial charge on any atom is 0.338 e. The molecule has 3 aromatic rings. The monoisotopic (exact) mass is 425 g/mol. The van der Waals surface area contributed by atoms with Gasteiger partial charge >= 0.3 is 5.97 Å². The highest BCUT2D eigenvalue weighted by Crippen LogP contribution is 2.29. The fourth-order valence-corrected chi connectivity index (χ4v) is 4.44. The SMILES string of the molecule is CCOC(=O)c1cccc(C2=CCN(CCC(c3ccccc3)c3ccccc3)CC2)c1. The number of nitrogens with zero attached hydrogens (tertiary/aromatic N) is 1. The minimum absolute atomic E-state index is 0.250. The molecule has 32 heavy (non-hydrogen) atoms. The molecule has 4 rings (SSSR count). The van der Waals surface area contributed by atoms with Crippen LogP contribution >= 0.6 is 0 Å². The quantitative estimate of drug-likeness (QED) is 0.404. The molecule has 3 aromatic carbocycles. The number of esters is 1. The van der Waals surface area contributed by atoms with E-state index < -0.39 is 0 Å². The molecule has 1 aliphatic rings. The Morgan fingerprint density at radius 2 is 1.62 bits per heavy atom. The molecule has 0 aromatic heterocycles. The number of hydrogen-bond acceptors (Lipinski definition) is 3. The van der Waals surface area contributed by atoms with E-state index >= 15 is 0 Å².